The molecule has 11 heteroatoms. The summed E-state index contributed by atoms with van der Waals surface area (Å²) in [5, 5.41) is 11.5. The van der Waals surface area contributed by atoms with Crippen LogP contribution in [0.4, 0.5) is 13.2 Å². The van der Waals surface area contributed by atoms with Crippen LogP contribution in [0.3, 0.4) is 0 Å². The maximum Gasteiger partial charge on any atom is 0.402 e. The van der Waals surface area contributed by atoms with Gasteiger partial charge in [-0.15, -0.1) is 0 Å². The Kier molecular flexibility index (Phi) is 5.21. The monoisotopic (exact) mass is 318 g/mol. The lowest BCUT2D eigenvalue weighted by Gasteiger charge is -2.36. The summed E-state index contributed by atoms with van der Waals surface area (Å²) in [5.41, 5.74) is 4.15. The van der Waals surface area contributed by atoms with Crippen molar-refractivity contribution in [2.24, 2.45) is 10.9 Å². The zero-order valence-electron chi connectivity index (χ0n) is 10.6. The summed E-state index contributed by atoms with van der Waals surface area (Å²) in [6.07, 6.45) is -2.05. The maximum absolute atomic E-state index is 12.0. The van der Waals surface area contributed by atoms with Crippen LogP contribution in [0.15, 0.2) is 5.16 Å². The topological polar surface area (TPSA) is 117 Å². The fourth-order valence-corrected chi connectivity index (χ4v) is 3.38. The Morgan fingerprint density at radius 1 is 1.30 bits per heavy atom. The van der Waals surface area contributed by atoms with Gasteiger partial charge in [0.05, 0.1) is 5.54 Å². The molecule has 0 heterocycles. The third-order valence-electron chi connectivity index (χ3n) is 3.10. The molecule has 1 rings (SSSR count). The molecule has 1 aliphatic carbocycles. The summed E-state index contributed by atoms with van der Waals surface area (Å²) in [7, 11) is -4.42. The van der Waals surface area contributed by atoms with Gasteiger partial charge in [-0.2, -0.15) is 31.0 Å². The van der Waals surface area contributed by atoms with E-state index in [9.17, 15) is 21.6 Å². The largest absolute Gasteiger partial charge is 0.409 e. The van der Waals surface area contributed by atoms with Crippen molar-refractivity contribution in [1.29, 1.82) is 0 Å². The molecule has 0 aliphatic heterocycles. The van der Waals surface area contributed by atoms with Crippen LogP contribution in [0.25, 0.3) is 0 Å². The minimum atomic E-state index is -4.66. The van der Waals surface area contributed by atoms with Gasteiger partial charge in [0, 0.05) is 0 Å². The number of nitrogens with one attached hydrogen (secondary N) is 2. The van der Waals surface area contributed by atoms with Crippen molar-refractivity contribution in [3.63, 3.8) is 0 Å². The van der Waals surface area contributed by atoms with Gasteiger partial charge >= 0.3 is 6.18 Å². The van der Waals surface area contributed by atoms with Crippen LogP contribution in [0, 0.1) is 0 Å². The number of hydrogen-bond acceptors (Lipinski definition) is 4. The molecular formula is C9H17F3N4O3S. The van der Waals surface area contributed by atoms with Crippen molar-refractivity contribution in [2.75, 3.05) is 6.54 Å². The molecule has 0 aromatic carbocycles. The number of nitrogens with zero attached hydrogens (tertiary/aromatic N) is 1. The molecule has 0 aromatic heterocycles. The van der Waals surface area contributed by atoms with Gasteiger partial charge in [-0.25, -0.2) is 0 Å². The van der Waals surface area contributed by atoms with Gasteiger partial charge in [-0.1, -0.05) is 24.4 Å². The van der Waals surface area contributed by atoms with Crippen molar-refractivity contribution in [3.8, 4) is 0 Å². The van der Waals surface area contributed by atoms with Crippen molar-refractivity contribution in [2.45, 2.75) is 43.8 Å². The second-order valence-electron chi connectivity index (χ2n) is 4.67. The van der Waals surface area contributed by atoms with Crippen LogP contribution < -0.4 is 15.2 Å². The Hall–Kier alpha value is -1.07. The first-order chi connectivity index (χ1) is 9.10. The molecule has 0 bridgehead atoms. The quantitative estimate of drug-likeness (QED) is 0.254. The average molecular weight is 318 g/mol. The number of hydrogen-bond donors (Lipinski definition) is 4. The van der Waals surface area contributed by atoms with Crippen molar-refractivity contribution < 1.29 is 26.8 Å². The van der Waals surface area contributed by atoms with Gasteiger partial charge in [-0.05, 0) is 12.8 Å². The molecular weight excluding hydrogens is 301 g/mol. The molecule has 0 spiro atoms. The van der Waals surface area contributed by atoms with E-state index in [0.29, 0.717) is 12.8 Å². The van der Waals surface area contributed by atoms with Gasteiger partial charge in [0.1, 0.15) is 6.54 Å². The highest BCUT2D eigenvalue weighted by Crippen LogP contribution is 2.29. The normalized spacial score (nSPS) is 20.9. The molecule has 1 saturated carbocycles. The predicted octanol–water partition coefficient (Wildman–Crippen LogP) is 0.422. The fourth-order valence-electron chi connectivity index (χ4n) is 2.13. The smallest absolute Gasteiger partial charge is 0.402 e. The summed E-state index contributed by atoms with van der Waals surface area (Å²) in [6, 6.07) is 0. The minimum absolute atomic E-state index is 0.260. The Labute approximate surface area is 114 Å². The first-order valence-corrected chi connectivity index (χ1v) is 7.42. The van der Waals surface area contributed by atoms with E-state index in [1.807, 2.05) is 0 Å². The molecule has 0 saturated heterocycles. The van der Waals surface area contributed by atoms with Crippen molar-refractivity contribution in [1.82, 2.24) is 9.44 Å². The van der Waals surface area contributed by atoms with Crippen molar-refractivity contribution in [3.05, 3.63) is 0 Å². The highest BCUT2D eigenvalue weighted by atomic mass is 32.2. The average Bonchev–Trinajstić information content (AvgIpc) is 2.35. The van der Waals surface area contributed by atoms with E-state index < -0.39 is 28.5 Å². The Morgan fingerprint density at radius 3 is 2.30 bits per heavy atom. The molecule has 0 amide bonds. The molecule has 1 fully saturated rings. The van der Waals surface area contributed by atoms with Gasteiger partial charge in [0.15, 0.2) is 5.84 Å². The highest BCUT2D eigenvalue weighted by molar-refractivity contribution is 7.87. The maximum atomic E-state index is 12.0. The highest BCUT2D eigenvalue weighted by Gasteiger charge is 2.41. The zero-order valence-corrected chi connectivity index (χ0v) is 11.4. The lowest BCUT2D eigenvalue weighted by molar-refractivity contribution is -0.121. The molecule has 0 unspecified atom stereocenters. The third kappa shape index (κ3) is 4.80. The first-order valence-electron chi connectivity index (χ1n) is 5.94. The SMILES string of the molecule is NC(=NO)C1(NS(=O)(=O)NCC(F)(F)F)CCCCC1. The molecule has 5 N–H and O–H groups in total. The van der Waals surface area contributed by atoms with Crippen LogP contribution in [-0.4, -0.2) is 37.7 Å². The standard InChI is InChI=1S/C9H17F3N4O3S/c10-9(11,12)6-14-20(18,19)16-8(7(13)15-17)4-2-1-3-5-8/h14,16-17H,1-6H2,(H2,13,15). The number of amidine groups is 1. The second kappa shape index (κ2) is 6.14. The lowest BCUT2D eigenvalue weighted by atomic mass is 9.82. The summed E-state index contributed by atoms with van der Waals surface area (Å²) in [4.78, 5) is 0. The van der Waals surface area contributed by atoms with E-state index in [0.717, 1.165) is 6.42 Å². The molecule has 118 valence electrons. The van der Waals surface area contributed by atoms with Gasteiger partial charge in [-0.3, -0.25) is 0 Å². The summed E-state index contributed by atoms with van der Waals surface area (Å²) >= 11 is 0. The van der Waals surface area contributed by atoms with Gasteiger partial charge in [0.2, 0.25) is 0 Å². The van der Waals surface area contributed by atoms with Crippen LogP contribution in [0.1, 0.15) is 32.1 Å². The van der Waals surface area contributed by atoms with E-state index in [1.54, 1.807) is 0 Å². The van der Waals surface area contributed by atoms with E-state index in [4.69, 9.17) is 10.9 Å². The number of halogens is 3. The van der Waals surface area contributed by atoms with Crippen LogP contribution in [-0.2, 0) is 10.2 Å². The number of nitrogens with two attached hydrogens (primary N) is 1. The van der Waals surface area contributed by atoms with E-state index >= 15 is 0 Å². The molecule has 7 nitrogen and oxygen atoms in total. The molecule has 1 aliphatic rings. The summed E-state index contributed by atoms with van der Waals surface area (Å²) in [5.74, 6) is -0.352. The van der Waals surface area contributed by atoms with Crippen LogP contribution in [0.5, 0.6) is 0 Å². The van der Waals surface area contributed by atoms with E-state index in [-0.39, 0.29) is 18.7 Å². The van der Waals surface area contributed by atoms with E-state index in [1.165, 1.54) is 4.72 Å². The fraction of sp³-hybridized carbons (Fsp3) is 0.889. The molecule has 0 radical (unpaired) electrons. The summed E-state index contributed by atoms with van der Waals surface area (Å²) in [6.45, 7) is -1.69. The van der Waals surface area contributed by atoms with Crippen molar-refractivity contribution >= 4 is 16.0 Å². The zero-order chi connectivity index (χ0) is 15.4. The minimum Gasteiger partial charge on any atom is -0.409 e. The van der Waals surface area contributed by atoms with E-state index in [2.05, 4.69) is 9.88 Å². The lowest BCUT2D eigenvalue weighted by Crippen LogP contribution is -2.61. The number of rotatable bonds is 5. The van der Waals surface area contributed by atoms with Gasteiger partial charge < -0.3 is 10.9 Å². The predicted molar refractivity (Wildman–Crippen MR) is 65.3 cm³/mol. The Morgan fingerprint density at radius 2 is 1.85 bits per heavy atom. The molecule has 0 aromatic rings. The number of oxime groups is 1. The van der Waals surface area contributed by atoms with Gasteiger partial charge in [0.25, 0.3) is 10.2 Å². The third-order valence-corrected chi connectivity index (χ3v) is 4.28. The van der Waals surface area contributed by atoms with Crippen LogP contribution >= 0.6 is 0 Å². The molecule has 20 heavy (non-hydrogen) atoms. The summed E-state index contributed by atoms with van der Waals surface area (Å²) < 4.78 is 62.9. The second-order valence-corrected chi connectivity index (χ2v) is 6.17. The first kappa shape index (κ1) is 17.0. The molecule has 0 atom stereocenters. The Balaban J connectivity index is 2.84. The Bertz CT molecular complexity index is 458. The van der Waals surface area contributed by atoms with Crippen LogP contribution in [0.2, 0.25) is 0 Å². The number of alkyl halides is 3.